The van der Waals surface area contributed by atoms with Gasteiger partial charge in [-0.2, -0.15) is 0 Å². The van der Waals surface area contributed by atoms with Crippen LogP contribution in [0.3, 0.4) is 0 Å². The molecule has 1 unspecified atom stereocenters. The summed E-state index contributed by atoms with van der Waals surface area (Å²) in [4.78, 5) is 45.2. The molecule has 0 aromatic heterocycles. The van der Waals surface area contributed by atoms with Gasteiger partial charge in [-0.15, -0.1) is 0 Å². The Morgan fingerprint density at radius 1 is 1.15 bits per heavy atom. The van der Waals surface area contributed by atoms with E-state index in [1.165, 1.54) is 4.90 Å². The van der Waals surface area contributed by atoms with Crippen molar-refractivity contribution in [3.8, 4) is 5.75 Å². The van der Waals surface area contributed by atoms with Gasteiger partial charge in [0.2, 0.25) is 5.78 Å². The second-order valence-corrected chi connectivity index (χ2v) is 11.5. The van der Waals surface area contributed by atoms with Crippen molar-refractivity contribution < 1.29 is 34.8 Å². The van der Waals surface area contributed by atoms with Crippen LogP contribution in [-0.2, 0) is 20.8 Å². The molecule has 1 aromatic carbocycles. The fraction of sp³-hybridized carbons (Fsp3) is 0.536. The summed E-state index contributed by atoms with van der Waals surface area (Å²) in [5.74, 6) is -6.44. The zero-order valence-corrected chi connectivity index (χ0v) is 22.9. The number of primary amides is 1. The third-order valence-electron chi connectivity index (χ3n) is 9.08. The van der Waals surface area contributed by atoms with E-state index in [1.54, 1.807) is 20.2 Å². The summed E-state index contributed by atoms with van der Waals surface area (Å²) in [6, 6.07) is 0.575. The Morgan fingerprint density at radius 2 is 1.82 bits per heavy atom. The number of fused-ring (bicyclic) bond motifs is 5. The Hall–Kier alpha value is -3.41. The van der Waals surface area contributed by atoms with Gasteiger partial charge in [-0.05, 0) is 77.5 Å². The second kappa shape index (κ2) is 9.07. The molecule has 11 heteroatoms. The first-order chi connectivity index (χ1) is 18.3. The van der Waals surface area contributed by atoms with Gasteiger partial charge in [0.15, 0.2) is 11.4 Å². The number of anilines is 1. The number of nitrogens with zero attached hydrogens (tertiary/aromatic N) is 3. The molecule has 4 aliphatic rings. The molecule has 1 heterocycles. The molecule has 1 aliphatic heterocycles. The normalized spacial score (nSPS) is 30.4. The third-order valence-corrected chi connectivity index (χ3v) is 9.08. The highest BCUT2D eigenvalue weighted by Gasteiger charge is 2.64. The van der Waals surface area contributed by atoms with Gasteiger partial charge >= 0.3 is 0 Å². The molecule has 0 spiro atoms. The third kappa shape index (κ3) is 3.56. The molecule has 0 radical (unpaired) electrons. The average Bonchev–Trinajstić information content (AvgIpc) is 2.84. The number of phenolic OH excluding ortho intramolecular Hbond substituents is 1. The number of aromatic hydroxyl groups is 1. The van der Waals surface area contributed by atoms with Crippen molar-refractivity contribution in [1.82, 2.24) is 9.80 Å². The number of phenols is 1. The van der Waals surface area contributed by atoms with Crippen LogP contribution in [0.1, 0.15) is 42.5 Å². The zero-order chi connectivity index (χ0) is 28.7. The number of ketones is 2. The molecule has 1 saturated carbocycles. The minimum Gasteiger partial charge on any atom is -0.508 e. The lowest BCUT2D eigenvalue weighted by molar-refractivity contribution is -0.153. The van der Waals surface area contributed by atoms with E-state index in [0.717, 1.165) is 24.2 Å². The number of Topliss-reactive ketones (excluding diaryl/α,β-unsaturated/α-hetero) is 2. The van der Waals surface area contributed by atoms with E-state index >= 15 is 0 Å². The lowest BCUT2D eigenvalue weighted by atomic mass is 9.57. The van der Waals surface area contributed by atoms with Crippen molar-refractivity contribution in [2.24, 2.45) is 17.6 Å². The molecule has 0 bridgehead atoms. The highest BCUT2D eigenvalue weighted by atomic mass is 16.3. The van der Waals surface area contributed by atoms with Crippen LogP contribution in [0.15, 0.2) is 23.0 Å². The highest BCUT2D eigenvalue weighted by molar-refractivity contribution is 6.24. The summed E-state index contributed by atoms with van der Waals surface area (Å²) in [5.41, 5.74) is 4.47. The van der Waals surface area contributed by atoms with E-state index in [4.69, 9.17) is 5.73 Å². The Bertz CT molecular complexity index is 1360. The fourth-order valence-electron chi connectivity index (χ4n) is 7.36. The van der Waals surface area contributed by atoms with Crippen LogP contribution in [0.2, 0.25) is 0 Å². The van der Waals surface area contributed by atoms with E-state index in [1.807, 2.05) is 21.0 Å². The molecule has 5 atom stereocenters. The maximum absolute atomic E-state index is 14.0. The maximum Gasteiger partial charge on any atom is 0.255 e. The molecular weight excluding hydrogens is 504 g/mol. The number of aliphatic hydroxyl groups excluding tert-OH is 2. The van der Waals surface area contributed by atoms with E-state index in [9.17, 15) is 34.8 Å². The molecule has 1 fully saturated rings. The number of aliphatic hydroxyl groups is 3. The minimum absolute atomic E-state index is 0.0491. The number of benzene rings is 1. The molecular formula is C28H36N4O7. The van der Waals surface area contributed by atoms with Crippen molar-refractivity contribution in [2.45, 2.75) is 43.9 Å². The first-order valence-electron chi connectivity index (χ1n) is 13.2. The molecule has 6 N–H and O–H groups in total. The first-order valence-corrected chi connectivity index (χ1v) is 13.2. The second-order valence-electron chi connectivity index (χ2n) is 11.5. The van der Waals surface area contributed by atoms with Crippen LogP contribution in [0, 0.1) is 11.8 Å². The lowest BCUT2D eigenvalue weighted by Gasteiger charge is -2.50. The largest absolute Gasteiger partial charge is 0.508 e. The van der Waals surface area contributed by atoms with Crippen molar-refractivity contribution in [1.29, 1.82) is 0 Å². The summed E-state index contributed by atoms with van der Waals surface area (Å²) >= 11 is 0. The smallest absolute Gasteiger partial charge is 0.255 e. The summed E-state index contributed by atoms with van der Waals surface area (Å²) in [6.45, 7) is 3.52. The predicted molar refractivity (Wildman–Crippen MR) is 143 cm³/mol. The maximum atomic E-state index is 14.0. The van der Waals surface area contributed by atoms with E-state index in [2.05, 4.69) is 9.80 Å². The van der Waals surface area contributed by atoms with Gasteiger partial charge < -0.3 is 36.0 Å². The molecule has 210 valence electrons. The number of nitrogens with two attached hydrogens (primary N) is 1. The Balaban J connectivity index is 1.75. The van der Waals surface area contributed by atoms with E-state index < -0.39 is 58.0 Å². The Labute approximate surface area is 226 Å². The van der Waals surface area contributed by atoms with Crippen molar-refractivity contribution in [3.63, 3.8) is 0 Å². The number of hydrogen-bond donors (Lipinski definition) is 5. The molecule has 1 aromatic rings. The van der Waals surface area contributed by atoms with Crippen LogP contribution in [-0.4, -0.2) is 101 Å². The Kier molecular flexibility index (Phi) is 6.32. The van der Waals surface area contributed by atoms with E-state index in [-0.39, 0.29) is 35.8 Å². The van der Waals surface area contributed by atoms with Gasteiger partial charge in [-0.1, -0.05) is 0 Å². The number of likely N-dealkylation sites (N-methyl/N-ethyl adjacent to an activating group) is 1. The predicted octanol–water partition coefficient (Wildman–Crippen LogP) is 0.797. The molecule has 11 nitrogen and oxygen atoms in total. The van der Waals surface area contributed by atoms with Gasteiger partial charge in [0.05, 0.1) is 11.6 Å². The van der Waals surface area contributed by atoms with E-state index in [0.29, 0.717) is 12.1 Å². The number of carbonyl (C=O) groups excluding carboxylic acids is 3. The zero-order valence-electron chi connectivity index (χ0n) is 22.9. The topological polar surface area (TPSA) is 168 Å². The van der Waals surface area contributed by atoms with Gasteiger partial charge in [0.25, 0.3) is 5.91 Å². The van der Waals surface area contributed by atoms with Gasteiger partial charge in [0, 0.05) is 36.3 Å². The average molecular weight is 541 g/mol. The van der Waals surface area contributed by atoms with Gasteiger partial charge in [-0.3, -0.25) is 19.3 Å². The number of amides is 1. The van der Waals surface area contributed by atoms with Crippen molar-refractivity contribution in [2.75, 3.05) is 46.2 Å². The van der Waals surface area contributed by atoms with Crippen LogP contribution < -0.4 is 10.6 Å². The molecule has 3 aliphatic carbocycles. The molecule has 0 saturated heterocycles. The quantitative estimate of drug-likeness (QED) is 0.345. The summed E-state index contributed by atoms with van der Waals surface area (Å²) in [6.07, 6.45) is 1.21. The standard InChI is InChI=1S/C28H36N4O7/c1-6-32-8-7-16(30(2)3)13-11-17(33)19-14(21(13)32)9-12-10-15-22(31(4)5)24(35)20(27(29)38)26(37)28(15,39)25(36)18(12)23(19)34/h11-12,15-16,22,33-34,37,39H,6-10H2,1-5H3,(H2,29,38)/t12-,15-,16?,22-,28+/m1/s1. The fourth-order valence-corrected chi connectivity index (χ4v) is 7.36. The monoisotopic (exact) mass is 540 g/mol. The molecule has 1 amide bonds. The number of carbonyl (C=O) groups is 3. The lowest BCUT2D eigenvalue weighted by Crippen LogP contribution is -2.65. The van der Waals surface area contributed by atoms with Crippen LogP contribution in [0.25, 0.3) is 5.76 Å². The van der Waals surface area contributed by atoms with Crippen LogP contribution in [0.5, 0.6) is 5.75 Å². The van der Waals surface area contributed by atoms with Crippen LogP contribution >= 0.6 is 0 Å². The minimum atomic E-state index is -2.64. The van der Waals surface area contributed by atoms with Crippen molar-refractivity contribution >= 4 is 28.9 Å². The SMILES string of the molecule is CCN1CCC(N(C)C)c2cc(O)c3c(c21)C[C@@H]1C[C@@H]2[C@@H](N(C)C)C(=O)C(C(N)=O)=C(O)[C@@]2(O)C(=O)C1=C3O. The summed E-state index contributed by atoms with van der Waals surface area (Å²) in [7, 11) is 7.12. The van der Waals surface area contributed by atoms with Crippen LogP contribution in [0.4, 0.5) is 5.69 Å². The Morgan fingerprint density at radius 3 is 2.38 bits per heavy atom. The highest BCUT2D eigenvalue weighted by Crippen LogP contribution is 2.55. The summed E-state index contributed by atoms with van der Waals surface area (Å²) < 4.78 is 0. The first kappa shape index (κ1) is 27.2. The molecule has 5 rings (SSSR count). The van der Waals surface area contributed by atoms with Gasteiger partial charge in [0.1, 0.15) is 22.8 Å². The van der Waals surface area contributed by atoms with Crippen molar-refractivity contribution in [3.05, 3.63) is 39.7 Å². The summed E-state index contributed by atoms with van der Waals surface area (Å²) in [5, 5.41) is 45.4. The van der Waals surface area contributed by atoms with Gasteiger partial charge in [-0.25, -0.2) is 0 Å². The molecule has 39 heavy (non-hydrogen) atoms. The number of rotatable bonds is 4. The number of hydrogen-bond acceptors (Lipinski definition) is 10.